The number of hydrogen-bond donors (Lipinski definition) is 1. The molecule has 21 heavy (non-hydrogen) atoms. The largest absolute Gasteiger partial charge is 0.229 e. The fourth-order valence-corrected chi connectivity index (χ4v) is 6.23. The summed E-state index contributed by atoms with van der Waals surface area (Å²) in [5.74, 6) is -0.0932. The zero-order valence-corrected chi connectivity index (χ0v) is 14.6. The van der Waals surface area contributed by atoms with Crippen molar-refractivity contribution in [1.29, 1.82) is 0 Å². The summed E-state index contributed by atoms with van der Waals surface area (Å²) in [5, 5.41) is -0.614. The molecular formula is C13H18BrNO4S2. The first kappa shape index (κ1) is 16.9. The number of rotatable bonds is 5. The van der Waals surface area contributed by atoms with Gasteiger partial charge in [-0.3, -0.25) is 0 Å². The predicted octanol–water partition coefficient (Wildman–Crippen LogP) is 1.62. The lowest BCUT2D eigenvalue weighted by Crippen LogP contribution is -2.40. The Bertz CT molecular complexity index is 659. The van der Waals surface area contributed by atoms with Crippen molar-refractivity contribution in [3.05, 3.63) is 35.9 Å². The highest BCUT2D eigenvalue weighted by Gasteiger charge is 2.32. The van der Waals surface area contributed by atoms with Crippen molar-refractivity contribution in [3.8, 4) is 0 Å². The van der Waals surface area contributed by atoms with Crippen LogP contribution < -0.4 is 4.72 Å². The third-order valence-corrected chi connectivity index (χ3v) is 8.05. The van der Waals surface area contributed by atoms with Crippen molar-refractivity contribution >= 4 is 35.8 Å². The minimum Gasteiger partial charge on any atom is -0.229 e. The van der Waals surface area contributed by atoms with Crippen molar-refractivity contribution in [2.24, 2.45) is 0 Å². The lowest BCUT2D eigenvalue weighted by molar-refractivity contribution is 0.542. The Kier molecular flexibility index (Phi) is 5.45. The lowest BCUT2D eigenvalue weighted by Gasteiger charge is -2.23. The van der Waals surface area contributed by atoms with E-state index in [1.54, 1.807) is 0 Å². The van der Waals surface area contributed by atoms with Gasteiger partial charge in [-0.1, -0.05) is 46.3 Å². The first-order valence-corrected chi connectivity index (χ1v) is 11.0. The van der Waals surface area contributed by atoms with Gasteiger partial charge in [0.2, 0.25) is 10.0 Å². The smallest absolute Gasteiger partial charge is 0.214 e. The number of sulfone groups is 1. The molecule has 1 heterocycles. The van der Waals surface area contributed by atoms with Crippen LogP contribution in [0.3, 0.4) is 0 Å². The van der Waals surface area contributed by atoms with Crippen LogP contribution >= 0.6 is 15.9 Å². The van der Waals surface area contributed by atoms with Gasteiger partial charge < -0.3 is 0 Å². The van der Waals surface area contributed by atoms with Crippen LogP contribution in [0.2, 0.25) is 0 Å². The molecule has 0 saturated carbocycles. The Hall–Kier alpha value is -0.440. The molecule has 1 N–H and O–H groups in total. The van der Waals surface area contributed by atoms with Gasteiger partial charge in [0.15, 0.2) is 0 Å². The molecule has 118 valence electrons. The summed E-state index contributed by atoms with van der Waals surface area (Å²) in [6.07, 6.45) is 0.353. The minimum absolute atomic E-state index is 0.0466. The average molecular weight is 396 g/mol. The molecule has 0 aliphatic carbocycles. The topological polar surface area (TPSA) is 80.3 Å². The van der Waals surface area contributed by atoms with Gasteiger partial charge in [0.25, 0.3) is 0 Å². The van der Waals surface area contributed by atoms with Crippen molar-refractivity contribution in [2.75, 3.05) is 18.1 Å². The van der Waals surface area contributed by atoms with Crippen LogP contribution in [0.4, 0.5) is 0 Å². The normalized spacial score (nSPS) is 21.0. The molecule has 8 heteroatoms. The van der Waals surface area contributed by atoms with E-state index in [1.165, 1.54) is 0 Å². The Morgan fingerprint density at radius 2 is 1.76 bits per heavy atom. The maximum Gasteiger partial charge on any atom is 0.214 e. The van der Waals surface area contributed by atoms with Crippen molar-refractivity contribution < 1.29 is 16.8 Å². The fourth-order valence-electron chi connectivity index (χ4n) is 2.27. The summed E-state index contributed by atoms with van der Waals surface area (Å²) in [6, 6.07) is 9.52. The molecule has 1 aliphatic heterocycles. The summed E-state index contributed by atoms with van der Waals surface area (Å²) >= 11 is 3.46. The molecule has 0 spiro atoms. The monoisotopic (exact) mass is 395 g/mol. The molecule has 1 aromatic carbocycles. The van der Waals surface area contributed by atoms with Gasteiger partial charge in [0.05, 0.1) is 21.6 Å². The standard InChI is InChI=1S/C13H18BrNO4S2/c14-13(11-4-2-1-3-5-11)10-15-21(18,19)12-6-8-20(16,17)9-7-12/h1-5,12-13,15H,6-10H2. The quantitative estimate of drug-likeness (QED) is 0.767. The molecule has 1 saturated heterocycles. The first-order chi connectivity index (χ1) is 9.80. The number of halogens is 1. The number of sulfonamides is 1. The zero-order chi connectivity index (χ0) is 15.5. The molecule has 0 aromatic heterocycles. The van der Waals surface area contributed by atoms with Crippen molar-refractivity contribution in [2.45, 2.75) is 22.9 Å². The van der Waals surface area contributed by atoms with E-state index in [4.69, 9.17) is 0 Å². The second kappa shape index (κ2) is 6.76. The molecule has 1 unspecified atom stereocenters. The van der Waals surface area contributed by atoms with Crippen LogP contribution in [0.1, 0.15) is 23.2 Å². The van der Waals surface area contributed by atoms with Crippen molar-refractivity contribution in [1.82, 2.24) is 4.72 Å². The van der Waals surface area contributed by atoms with Crippen LogP contribution in [-0.2, 0) is 19.9 Å². The summed E-state index contributed by atoms with van der Waals surface area (Å²) in [4.78, 5) is -0.110. The van der Waals surface area contributed by atoms with Crippen LogP contribution in [0, 0.1) is 0 Å². The Morgan fingerprint density at radius 3 is 2.33 bits per heavy atom. The number of hydrogen-bond acceptors (Lipinski definition) is 4. The Balaban J connectivity index is 1.93. The molecule has 1 aromatic rings. The van der Waals surface area contributed by atoms with E-state index in [1.807, 2.05) is 30.3 Å². The second-order valence-corrected chi connectivity index (χ2v) is 10.6. The van der Waals surface area contributed by atoms with Gasteiger partial charge in [0, 0.05) is 6.54 Å². The van der Waals surface area contributed by atoms with Gasteiger partial charge in [-0.2, -0.15) is 0 Å². The van der Waals surface area contributed by atoms with Crippen LogP contribution in [0.15, 0.2) is 30.3 Å². The summed E-state index contributed by atoms with van der Waals surface area (Å²) < 4.78 is 49.7. The SMILES string of the molecule is O=S1(=O)CCC(S(=O)(=O)NCC(Br)c2ccccc2)CC1. The zero-order valence-electron chi connectivity index (χ0n) is 11.4. The number of alkyl halides is 1. The van der Waals surface area contributed by atoms with Crippen LogP contribution in [-0.4, -0.2) is 40.1 Å². The van der Waals surface area contributed by atoms with Gasteiger partial charge in [0.1, 0.15) is 9.84 Å². The molecule has 1 fully saturated rings. The second-order valence-electron chi connectivity index (χ2n) is 5.12. The van der Waals surface area contributed by atoms with E-state index in [-0.39, 0.29) is 35.7 Å². The van der Waals surface area contributed by atoms with Gasteiger partial charge >= 0.3 is 0 Å². The maximum absolute atomic E-state index is 12.2. The van der Waals surface area contributed by atoms with Crippen LogP contribution in [0.25, 0.3) is 0 Å². The van der Waals surface area contributed by atoms with Crippen molar-refractivity contribution in [3.63, 3.8) is 0 Å². The minimum atomic E-state index is -3.48. The Labute approximate surface area is 134 Å². The number of nitrogens with one attached hydrogen (secondary N) is 1. The number of benzene rings is 1. The summed E-state index contributed by atoms with van der Waals surface area (Å²) in [6.45, 7) is 0.246. The van der Waals surface area contributed by atoms with E-state index in [0.29, 0.717) is 0 Å². The van der Waals surface area contributed by atoms with Gasteiger partial charge in [-0.15, -0.1) is 0 Å². The van der Waals surface area contributed by atoms with Gasteiger partial charge in [-0.25, -0.2) is 21.6 Å². The van der Waals surface area contributed by atoms with E-state index in [9.17, 15) is 16.8 Å². The molecule has 0 bridgehead atoms. The summed E-state index contributed by atoms with van der Waals surface area (Å²) in [5.41, 5.74) is 0.992. The van der Waals surface area contributed by atoms with Gasteiger partial charge in [-0.05, 0) is 18.4 Å². The third-order valence-electron chi connectivity index (χ3n) is 3.57. The summed E-state index contributed by atoms with van der Waals surface area (Å²) in [7, 11) is -6.53. The molecule has 0 amide bonds. The molecule has 1 aliphatic rings. The molecular weight excluding hydrogens is 378 g/mol. The first-order valence-electron chi connectivity index (χ1n) is 6.68. The van der Waals surface area contributed by atoms with E-state index >= 15 is 0 Å². The highest BCUT2D eigenvalue weighted by molar-refractivity contribution is 9.09. The molecule has 2 rings (SSSR count). The average Bonchev–Trinajstić information content (AvgIpc) is 2.45. The van der Waals surface area contributed by atoms with E-state index in [2.05, 4.69) is 20.7 Å². The van der Waals surface area contributed by atoms with E-state index < -0.39 is 25.1 Å². The third kappa shape index (κ3) is 4.77. The van der Waals surface area contributed by atoms with Crippen LogP contribution in [0.5, 0.6) is 0 Å². The molecule has 1 atom stereocenters. The molecule has 5 nitrogen and oxygen atoms in total. The molecule has 0 radical (unpaired) electrons. The fraction of sp³-hybridized carbons (Fsp3) is 0.538. The van der Waals surface area contributed by atoms with E-state index in [0.717, 1.165) is 5.56 Å². The highest BCUT2D eigenvalue weighted by Crippen LogP contribution is 2.23. The Morgan fingerprint density at radius 1 is 1.19 bits per heavy atom. The lowest BCUT2D eigenvalue weighted by atomic mass is 10.2. The highest BCUT2D eigenvalue weighted by atomic mass is 79.9. The maximum atomic E-state index is 12.2. The predicted molar refractivity (Wildman–Crippen MR) is 86.7 cm³/mol.